The number of nitrogens with one attached hydrogen (secondary N) is 1. The molecule has 6 heteroatoms. The first kappa shape index (κ1) is 20.3. The number of hydrogen-bond donors (Lipinski definition) is 1. The largest absolute Gasteiger partial charge is 0.495 e. The van der Waals surface area contributed by atoms with Crippen LogP contribution in [0.2, 0.25) is 5.02 Å². The van der Waals surface area contributed by atoms with Gasteiger partial charge in [-0.2, -0.15) is 0 Å². The topological polar surface area (TPSA) is 50.8 Å². The second-order valence-electron chi connectivity index (χ2n) is 7.09. The minimum atomic E-state index is -0.145. The molecule has 0 aliphatic carbocycles. The number of ether oxygens (including phenoxy) is 2. The first-order valence-electron chi connectivity index (χ1n) is 9.59. The summed E-state index contributed by atoms with van der Waals surface area (Å²) in [6.45, 7) is 2.80. The molecule has 1 heterocycles. The molecule has 1 aliphatic rings. The van der Waals surface area contributed by atoms with E-state index < -0.39 is 0 Å². The third-order valence-corrected chi connectivity index (χ3v) is 5.45. The smallest absolute Gasteiger partial charge is 0.322 e. The normalized spacial score (nSPS) is 17.0. The lowest BCUT2D eigenvalue weighted by atomic mass is 9.99. The molecule has 0 aromatic heterocycles. The molecule has 0 saturated carbocycles. The standard InChI is InChI=1S/C22H27ClN2O3/c1-15-8-7-9-16(12-15)19-10-5-4-6-11-25(19)22(26)24-18-13-17(23)20(27-2)14-21(18)28-3/h7-9,12-14,19H,4-6,10-11H2,1-3H3,(H,24,26)/t19-/m0/s1. The van der Waals surface area contributed by atoms with E-state index in [0.717, 1.165) is 32.2 Å². The van der Waals surface area contributed by atoms with Crippen LogP contribution in [0.5, 0.6) is 11.5 Å². The number of nitrogens with zero attached hydrogens (tertiary/aromatic N) is 1. The van der Waals surface area contributed by atoms with Gasteiger partial charge in [-0.3, -0.25) is 0 Å². The summed E-state index contributed by atoms with van der Waals surface area (Å²) in [6.07, 6.45) is 4.19. The Morgan fingerprint density at radius 2 is 1.89 bits per heavy atom. The number of benzene rings is 2. The van der Waals surface area contributed by atoms with Gasteiger partial charge < -0.3 is 19.7 Å². The average Bonchev–Trinajstić information content (AvgIpc) is 2.94. The average molecular weight is 403 g/mol. The maximum absolute atomic E-state index is 13.2. The lowest BCUT2D eigenvalue weighted by molar-refractivity contribution is 0.189. The number of aryl methyl sites for hydroxylation is 1. The number of methoxy groups -OCH3 is 2. The predicted octanol–water partition coefficient (Wildman–Crippen LogP) is 5.81. The van der Waals surface area contributed by atoms with Crippen molar-refractivity contribution < 1.29 is 14.3 Å². The van der Waals surface area contributed by atoms with Crippen LogP contribution < -0.4 is 14.8 Å². The molecule has 5 nitrogen and oxygen atoms in total. The van der Waals surface area contributed by atoms with E-state index in [4.69, 9.17) is 21.1 Å². The van der Waals surface area contributed by atoms with E-state index in [0.29, 0.717) is 22.2 Å². The van der Waals surface area contributed by atoms with Crippen molar-refractivity contribution in [1.29, 1.82) is 0 Å². The van der Waals surface area contributed by atoms with Gasteiger partial charge in [0.2, 0.25) is 0 Å². The van der Waals surface area contributed by atoms with Gasteiger partial charge in [-0.15, -0.1) is 0 Å². The van der Waals surface area contributed by atoms with E-state index in [9.17, 15) is 4.79 Å². The highest BCUT2D eigenvalue weighted by Gasteiger charge is 2.27. The number of hydrogen-bond acceptors (Lipinski definition) is 3. The number of carbonyl (C=O) groups is 1. The second-order valence-corrected chi connectivity index (χ2v) is 7.50. The number of urea groups is 1. The number of carbonyl (C=O) groups excluding carboxylic acids is 1. The molecule has 150 valence electrons. The molecule has 28 heavy (non-hydrogen) atoms. The van der Waals surface area contributed by atoms with Crippen molar-refractivity contribution in [2.45, 2.75) is 38.6 Å². The number of anilines is 1. The van der Waals surface area contributed by atoms with Gasteiger partial charge in [0.25, 0.3) is 0 Å². The Hall–Kier alpha value is -2.40. The van der Waals surface area contributed by atoms with Crippen molar-refractivity contribution in [3.05, 3.63) is 52.5 Å². The van der Waals surface area contributed by atoms with E-state index >= 15 is 0 Å². The molecule has 0 spiro atoms. The highest BCUT2D eigenvalue weighted by atomic mass is 35.5. The zero-order valence-corrected chi connectivity index (χ0v) is 17.4. The van der Waals surface area contributed by atoms with Crippen molar-refractivity contribution >= 4 is 23.3 Å². The van der Waals surface area contributed by atoms with Crippen LogP contribution in [0, 0.1) is 6.92 Å². The van der Waals surface area contributed by atoms with Gasteiger partial charge in [-0.1, -0.05) is 54.3 Å². The molecule has 0 bridgehead atoms. The van der Waals surface area contributed by atoms with E-state index in [1.807, 2.05) is 4.90 Å². The third-order valence-electron chi connectivity index (χ3n) is 5.16. The molecule has 0 unspecified atom stereocenters. The molecule has 1 aliphatic heterocycles. The lowest BCUT2D eigenvalue weighted by Gasteiger charge is -2.31. The van der Waals surface area contributed by atoms with Gasteiger partial charge in [0.05, 0.1) is 31.0 Å². The second kappa shape index (κ2) is 9.20. The molecule has 1 fully saturated rings. The molecule has 1 saturated heterocycles. The summed E-state index contributed by atoms with van der Waals surface area (Å²) >= 11 is 6.25. The van der Waals surface area contributed by atoms with Crippen LogP contribution in [-0.4, -0.2) is 31.7 Å². The first-order valence-corrected chi connectivity index (χ1v) is 9.97. The Morgan fingerprint density at radius 3 is 2.61 bits per heavy atom. The van der Waals surface area contributed by atoms with Crippen molar-refractivity contribution in [3.8, 4) is 11.5 Å². The van der Waals surface area contributed by atoms with Crippen LogP contribution in [0.1, 0.15) is 42.9 Å². The molecule has 2 aromatic carbocycles. The minimum absolute atomic E-state index is 0.0575. The molecule has 3 rings (SSSR count). The maximum atomic E-state index is 13.2. The summed E-state index contributed by atoms with van der Waals surface area (Å²) < 4.78 is 10.6. The molecular weight excluding hydrogens is 376 g/mol. The fraction of sp³-hybridized carbons (Fsp3) is 0.409. The van der Waals surface area contributed by atoms with Gasteiger partial charge in [0.15, 0.2) is 0 Å². The molecule has 1 atom stereocenters. The zero-order chi connectivity index (χ0) is 20.1. The molecule has 1 N–H and O–H groups in total. The van der Waals surface area contributed by atoms with Crippen LogP contribution in [0.15, 0.2) is 36.4 Å². The Labute approximate surface area is 171 Å². The number of likely N-dealkylation sites (tertiary alicyclic amines) is 1. The highest BCUT2D eigenvalue weighted by Crippen LogP contribution is 2.37. The number of rotatable bonds is 4. The predicted molar refractivity (Wildman–Crippen MR) is 113 cm³/mol. The van der Waals surface area contributed by atoms with Gasteiger partial charge in [-0.05, 0) is 31.4 Å². The summed E-state index contributed by atoms with van der Waals surface area (Å²) in [5.74, 6) is 1.01. The Kier molecular flexibility index (Phi) is 6.68. The zero-order valence-electron chi connectivity index (χ0n) is 16.6. The fourth-order valence-corrected chi connectivity index (χ4v) is 3.96. The van der Waals surface area contributed by atoms with E-state index in [2.05, 4.69) is 36.5 Å². The molecule has 2 amide bonds. The van der Waals surface area contributed by atoms with Gasteiger partial charge in [-0.25, -0.2) is 4.79 Å². The Morgan fingerprint density at radius 1 is 1.11 bits per heavy atom. The van der Waals surface area contributed by atoms with E-state index in [1.54, 1.807) is 26.4 Å². The summed E-state index contributed by atoms with van der Waals surface area (Å²) in [6, 6.07) is 11.7. The van der Waals surface area contributed by atoms with Crippen LogP contribution in [0.25, 0.3) is 0 Å². The number of halogens is 1. The molecule has 2 aromatic rings. The molecule has 0 radical (unpaired) electrons. The maximum Gasteiger partial charge on any atom is 0.322 e. The van der Waals surface area contributed by atoms with Crippen molar-refractivity contribution in [3.63, 3.8) is 0 Å². The quantitative estimate of drug-likeness (QED) is 0.701. The van der Waals surface area contributed by atoms with Crippen LogP contribution in [-0.2, 0) is 0 Å². The third kappa shape index (κ3) is 4.53. The van der Waals surface area contributed by atoms with Crippen LogP contribution >= 0.6 is 11.6 Å². The van der Waals surface area contributed by atoms with Crippen molar-refractivity contribution in [2.75, 3.05) is 26.1 Å². The van der Waals surface area contributed by atoms with E-state index in [-0.39, 0.29) is 12.1 Å². The molecular formula is C22H27ClN2O3. The summed E-state index contributed by atoms with van der Waals surface area (Å²) in [5, 5.41) is 3.41. The SMILES string of the molecule is COc1cc(OC)c(NC(=O)N2CCCCC[C@H]2c2cccc(C)c2)cc1Cl. The van der Waals surface area contributed by atoms with Crippen LogP contribution in [0.4, 0.5) is 10.5 Å². The van der Waals surface area contributed by atoms with Gasteiger partial charge in [0.1, 0.15) is 11.5 Å². The summed E-state index contributed by atoms with van der Waals surface area (Å²) in [7, 11) is 3.10. The monoisotopic (exact) mass is 402 g/mol. The van der Waals surface area contributed by atoms with Gasteiger partial charge >= 0.3 is 6.03 Å². The van der Waals surface area contributed by atoms with Crippen molar-refractivity contribution in [1.82, 2.24) is 4.90 Å². The highest BCUT2D eigenvalue weighted by molar-refractivity contribution is 6.32. The van der Waals surface area contributed by atoms with Gasteiger partial charge in [0, 0.05) is 12.6 Å². The number of amides is 2. The van der Waals surface area contributed by atoms with Crippen LogP contribution in [0.3, 0.4) is 0 Å². The Balaban J connectivity index is 1.88. The fourth-order valence-electron chi connectivity index (χ4n) is 3.72. The summed E-state index contributed by atoms with van der Waals surface area (Å²) in [5.41, 5.74) is 2.91. The van der Waals surface area contributed by atoms with Crippen molar-refractivity contribution in [2.24, 2.45) is 0 Å². The lowest BCUT2D eigenvalue weighted by Crippen LogP contribution is -2.38. The first-order chi connectivity index (χ1) is 13.5. The Bertz CT molecular complexity index is 841. The summed E-state index contributed by atoms with van der Waals surface area (Å²) in [4.78, 5) is 15.1. The van der Waals surface area contributed by atoms with E-state index in [1.165, 1.54) is 11.1 Å². The minimum Gasteiger partial charge on any atom is -0.495 e.